The molecule has 2 aromatic heterocycles. The van der Waals surface area contributed by atoms with Crippen molar-refractivity contribution in [2.45, 2.75) is 89.6 Å². The first kappa shape index (κ1) is 31.8. The molecule has 0 spiro atoms. The summed E-state index contributed by atoms with van der Waals surface area (Å²) in [7, 11) is 3.09. The Hall–Kier alpha value is -3.62. The zero-order valence-corrected chi connectivity index (χ0v) is 26.4. The molecule has 1 unspecified atom stereocenters. The van der Waals surface area contributed by atoms with E-state index in [9.17, 15) is 34.2 Å². The first-order valence-electron chi connectivity index (χ1n) is 15.0. The van der Waals surface area contributed by atoms with Gasteiger partial charge in [-0.2, -0.15) is 0 Å². The second-order valence-electron chi connectivity index (χ2n) is 12.3. The monoisotopic (exact) mass is 631 g/mol. The summed E-state index contributed by atoms with van der Waals surface area (Å²) in [4.78, 5) is 71.8. The molecule has 13 nitrogen and oxygen atoms in total. The van der Waals surface area contributed by atoms with Crippen LogP contribution in [0.15, 0.2) is 18.2 Å². The zero-order chi connectivity index (χ0) is 32.1. The molecule has 2 aliphatic heterocycles. The number of carbonyl (C=O) groups is 5. The molecule has 1 aliphatic carbocycles. The Labute approximate surface area is 258 Å². The third-order valence-corrected chi connectivity index (χ3v) is 10.3. The summed E-state index contributed by atoms with van der Waals surface area (Å²) >= 11 is 1.05. The third-order valence-electron chi connectivity index (χ3n) is 9.13. The first-order valence-corrected chi connectivity index (χ1v) is 15.8. The van der Waals surface area contributed by atoms with E-state index in [0.717, 1.165) is 30.6 Å². The lowest BCUT2D eigenvalue weighted by molar-refractivity contribution is -0.877. The number of β-lactam (4-membered cyclic amide) rings is 1. The molecule has 0 bridgehead atoms. The quantitative estimate of drug-likeness (QED) is 0.131. The van der Waals surface area contributed by atoms with Crippen LogP contribution in [-0.4, -0.2) is 103 Å². The molecule has 238 valence electrons. The van der Waals surface area contributed by atoms with Crippen LogP contribution in [-0.2, 0) is 23.9 Å². The van der Waals surface area contributed by atoms with Crippen molar-refractivity contribution in [1.29, 1.82) is 0 Å². The van der Waals surface area contributed by atoms with Gasteiger partial charge in [-0.15, -0.1) is 11.3 Å². The Kier molecular flexibility index (Phi) is 8.46. The van der Waals surface area contributed by atoms with Gasteiger partial charge in [-0.3, -0.25) is 14.0 Å². The van der Waals surface area contributed by atoms with Crippen LogP contribution in [0.25, 0.3) is 10.4 Å². The van der Waals surface area contributed by atoms with Crippen LogP contribution in [0.4, 0.5) is 4.79 Å². The number of quaternary nitrogens is 1. The van der Waals surface area contributed by atoms with Gasteiger partial charge < -0.3 is 24.6 Å². The number of Topliss-reactive ketones (excluding diaryl/α,β-unsaturated/α-hetero) is 1. The minimum Gasteiger partial charge on any atom is -0.474 e. The largest absolute Gasteiger partial charge is 0.509 e. The van der Waals surface area contributed by atoms with Gasteiger partial charge in [0.25, 0.3) is 0 Å². The standard InChI is InChI=1S/C30H38N4O9S/c1-6-12-34-24(28(39)40)22(19-14-33-15-31-23(26(33)44-19)18(36)13-20(37)32(4)5)30(3,25(34)21(16(2)35)27(34)38)43-29(41)42-17-10-8-7-9-11-17/h14-17,21,25,35H,6-13H2,1-5H3/p+1/t16-,21-,25-,30+,34?/m1/s1. The number of thiazole rings is 1. The highest BCUT2D eigenvalue weighted by Gasteiger charge is 2.81. The van der Waals surface area contributed by atoms with Crippen molar-refractivity contribution in [3.05, 3.63) is 28.8 Å². The van der Waals surface area contributed by atoms with Gasteiger partial charge in [0.05, 0.1) is 29.5 Å². The van der Waals surface area contributed by atoms with E-state index in [-0.39, 0.29) is 29.6 Å². The summed E-state index contributed by atoms with van der Waals surface area (Å²) in [6.07, 6.45) is 4.85. The maximum Gasteiger partial charge on any atom is 0.509 e. The molecule has 3 aliphatic rings. The van der Waals surface area contributed by atoms with Gasteiger partial charge in [0.1, 0.15) is 23.0 Å². The van der Waals surface area contributed by atoms with Crippen LogP contribution in [0.2, 0.25) is 0 Å². The lowest BCUT2D eigenvalue weighted by Gasteiger charge is -2.54. The Morgan fingerprint density at radius 2 is 1.91 bits per heavy atom. The first-order chi connectivity index (χ1) is 20.8. The predicted molar refractivity (Wildman–Crippen MR) is 157 cm³/mol. The Balaban J connectivity index is 1.65. The topological polar surface area (TPSA) is 165 Å². The summed E-state index contributed by atoms with van der Waals surface area (Å²) < 4.78 is 12.8. The van der Waals surface area contributed by atoms with E-state index in [1.165, 1.54) is 18.2 Å². The fourth-order valence-corrected chi connectivity index (χ4v) is 8.51. The summed E-state index contributed by atoms with van der Waals surface area (Å²) in [5, 5.41) is 21.4. The number of aliphatic hydroxyl groups excluding tert-OH is 1. The minimum atomic E-state index is -1.69. The smallest absolute Gasteiger partial charge is 0.474 e. The highest BCUT2D eigenvalue weighted by atomic mass is 32.1. The van der Waals surface area contributed by atoms with Gasteiger partial charge in [-0.05, 0) is 46.0 Å². The summed E-state index contributed by atoms with van der Waals surface area (Å²) in [5.74, 6) is -3.71. The van der Waals surface area contributed by atoms with Crippen LogP contribution in [0.3, 0.4) is 0 Å². The van der Waals surface area contributed by atoms with E-state index in [0.29, 0.717) is 29.0 Å². The molecule has 14 heteroatoms. The van der Waals surface area contributed by atoms with Crippen LogP contribution < -0.4 is 0 Å². The van der Waals surface area contributed by atoms with Gasteiger partial charge in [-0.1, -0.05) is 13.3 Å². The molecule has 1 saturated carbocycles. The molecule has 4 heterocycles. The van der Waals surface area contributed by atoms with Crippen molar-refractivity contribution in [2.75, 3.05) is 20.6 Å². The van der Waals surface area contributed by atoms with Crippen molar-refractivity contribution in [3.63, 3.8) is 0 Å². The van der Waals surface area contributed by atoms with Crippen molar-refractivity contribution in [2.24, 2.45) is 5.92 Å². The summed E-state index contributed by atoms with van der Waals surface area (Å²) in [5.41, 5.74) is -1.77. The lowest BCUT2D eigenvalue weighted by Crippen LogP contribution is -2.79. The maximum atomic E-state index is 13.9. The molecule has 5 atom stereocenters. The fourth-order valence-electron chi connectivity index (χ4n) is 7.26. The van der Waals surface area contributed by atoms with E-state index >= 15 is 0 Å². The number of carbonyl (C=O) groups excluding carboxylic acids is 4. The third kappa shape index (κ3) is 4.92. The molecule has 2 N–H and O–H groups in total. The number of aliphatic carboxylic acids is 1. The fraction of sp³-hybridized carbons (Fsp3) is 0.600. The van der Waals surface area contributed by atoms with E-state index in [4.69, 9.17) is 9.47 Å². The van der Waals surface area contributed by atoms with E-state index in [2.05, 4.69) is 4.98 Å². The SMILES string of the molecule is CCC[N+]12C(=O)[C@H]([C@@H](C)O)[C@@H]1[C@@](C)(OC(=O)OC1CCCCC1)C(c1cn3cnc(C(=O)CC(=O)N(C)C)c3s1)=C2C(=O)O. The number of carboxylic acids is 1. The molecule has 0 radical (unpaired) electrons. The second kappa shape index (κ2) is 11.7. The minimum absolute atomic E-state index is 0.0462. The average Bonchev–Trinajstić information content (AvgIpc) is 3.58. The van der Waals surface area contributed by atoms with E-state index in [1.807, 2.05) is 6.92 Å². The number of hydrogen-bond acceptors (Lipinski definition) is 10. The Morgan fingerprint density at radius 1 is 1.23 bits per heavy atom. The number of aromatic nitrogens is 2. The molecular weight excluding hydrogens is 592 g/mol. The molecule has 1 saturated heterocycles. The van der Waals surface area contributed by atoms with Crippen molar-refractivity contribution in [3.8, 4) is 0 Å². The number of amides is 2. The number of rotatable bonds is 10. The lowest BCUT2D eigenvalue weighted by atomic mass is 9.72. The molecule has 44 heavy (non-hydrogen) atoms. The number of ketones is 1. The van der Waals surface area contributed by atoms with Gasteiger partial charge in [0.15, 0.2) is 23.3 Å². The second-order valence-corrected chi connectivity index (χ2v) is 13.3. The van der Waals surface area contributed by atoms with Gasteiger partial charge in [-0.25, -0.2) is 23.9 Å². The summed E-state index contributed by atoms with van der Waals surface area (Å²) in [6, 6.07) is -0.923. The highest BCUT2D eigenvalue weighted by Crippen LogP contribution is 2.60. The Morgan fingerprint density at radius 3 is 2.50 bits per heavy atom. The van der Waals surface area contributed by atoms with E-state index in [1.54, 1.807) is 31.6 Å². The molecule has 2 fully saturated rings. The number of carboxylic acid groups (broad SMARTS) is 1. The molecule has 2 amide bonds. The predicted octanol–water partition coefficient (Wildman–Crippen LogP) is 3.24. The molecular formula is C30H39N4O9S+. The van der Waals surface area contributed by atoms with Crippen LogP contribution in [0, 0.1) is 5.92 Å². The van der Waals surface area contributed by atoms with Crippen molar-refractivity contribution in [1.82, 2.24) is 14.3 Å². The molecule has 5 rings (SSSR count). The average molecular weight is 632 g/mol. The van der Waals surface area contributed by atoms with Crippen LogP contribution in [0.1, 0.15) is 81.1 Å². The van der Waals surface area contributed by atoms with Crippen molar-refractivity contribution >= 4 is 51.5 Å². The summed E-state index contributed by atoms with van der Waals surface area (Å²) in [6.45, 7) is 4.99. The number of hydrogen-bond donors (Lipinski definition) is 2. The van der Waals surface area contributed by atoms with Crippen molar-refractivity contribution < 1.29 is 48.1 Å². The number of ether oxygens (including phenoxy) is 2. The number of nitrogens with zero attached hydrogens (tertiary/aromatic N) is 4. The number of imidazole rings is 1. The van der Waals surface area contributed by atoms with Gasteiger partial charge in [0, 0.05) is 20.3 Å². The van der Waals surface area contributed by atoms with E-state index < -0.39 is 64.3 Å². The van der Waals surface area contributed by atoms with Crippen LogP contribution in [0.5, 0.6) is 0 Å². The molecule has 0 aromatic carbocycles. The molecule has 2 aromatic rings. The van der Waals surface area contributed by atoms with Gasteiger partial charge in [0.2, 0.25) is 11.6 Å². The highest BCUT2D eigenvalue weighted by molar-refractivity contribution is 7.18. The maximum absolute atomic E-state index is 13.9. The zero-order valence-electron chi connectivity index (χ0n) is 25.6. The number of aliphatic hydroxyl groups is 1. The number of fused-ring (bicyclic) bond motifs is 2. The van der Waals surface area contributed by atoms with Gasteiger partial charge >= 0.3 is 18.0 Å². The normalized spacial score (nSPS) is 27.5. The van der Waals surface area contributed by atoms with Crippen LogP contribution >= 0.6 is 11.3 Å². The Bertz CT molecular complexity index is 1550.